The molecule has 5 nitrogen and oxygen atoms in total. The van der Waals surface area contributed by atoms with E-state index in [2.05, 4.69) is 17.1 Å². The van der Waals surface area contributed by atoms with Crippen LogP contribution in [0.1, 0.15) is 32.6 Å². The average molecular weight is 270 g/mol. The van der Waals surface area contributed by atoms with Crippen LogP contribution in [0.25, 0.3) is 0 Å². The molecule has 1 amide bonds. The maximum Gasteiger partial charge on any atom is 0.251 e. The summed E-state index contributed by atoms with van der Waals surface area (Å²) in [5, 5.41) is 2.96. The van der Waals surface area contributed by atoms with Crippen LogP contribution < -0.4 is 5.32 Å². The number of ether oxygens (including phenoxy) is 2. The van der Waals surface area contributed by atoms with E-state index in [1.54, 1.807) is 0 Å². The average Bonchev–Trinajstić information content (AvgIpc) is 2.48. The molecule has 1 N–H and O–H groups in total. The van der Waals surface area contributed by atoms with E-state index in [0.717, 1.165) is 13.1 Å². The molecule has 2 fully saturated rings. The molecule has 2 aliphatic heterocycles. The molecule has 0 radical (unpaired) electrons. The summed E-state index contributed by atoms with van der Waals surface area (Å²) in [6.07, 6.45) is 4.70. The zero-order valence-corrected chi connectivity index (χ0v) is 11.9. The zero-order valence-electron chi connectivity index (χ0n) is 11.9. The SMILES string of the molecule is CC[C@@H]1CCCCN1CCNC(=O)[C@@H]1COCCO1. The van der Waals surface area contributed by atoms with Crippen molar-refractivity contribution in [2.45, 2.75) is 44.8 Å². The third-order valence-corrected chi connectivity index (χ3v) is 4.03. The van der Waals surface area contributed by atoms with Gasteiger partial charge in [0.25, 0.3) is 5.91 Å². The summed E-state index contributed by atoms with van der Waals surface area (Å²) in [5.74, 6) is -0.0373. The number of piperidine rings is 1. The highest BCUT2D eigenvalue weighted by Gasteiger charge is 2.23. The van der Waals surface area contributed by atoms with Crippen LogP contribution in [-0.4, -0.2) is 62.4 Å². The molecule has 2 aliphatic rings. The molecule has 0 aromatic heterocycles. The lowest BCUT2D eigenvalue weighted by atomic mass is 10.0. The van der Waals surface area contributed by atoms with Crippen LogP contribution in [0.4, 0.5) is 0 Å². The van der Waals surface area contributed by atoms with Crippen molar-refractivity contribution in [3.05, 3.63) is 0 Å². The van der Waals surface area contributed by atoms with Gasteiger partial charge in [-0.3, -0.25) is 9.69 Å². The number of nitrogens with zero attached hydrogens (tertiary/aromatic N) is 1. The topological polar surface area (TPSA) is 50.8 Å². The van der Waals surface area contributed by atoms with Gasteiger partial charge in [0.1, 0.15) is 0 Å². The third kappa shape index (κ3) is 4.44. The Balaban J connectivity index is 1.65. The zero-order chi connectivity index (χ0) is 13.5. The van der Waals surface area contributed by atoms with Crippen molar-refractivity contribution in [3.8, 4) is 0 Å². The van der Waals surface area contributed by atoms with E-state index in [9.17, 15) is 4.79 Å². The molecule has 0 aromatic carbocycles. The predicted molar refractivity (Wildman–Crippen MR) is 73.1 cm³/mol. The summed E-state index contributed by atoms with van der Waals surface area (Å²) in [5.41, 5.74) is 0. The molecule has 0 spiro atoms. The van der Waals surface area contributed by atoms with Gasteiger partial charge in [-0.15, -0.1) is 0 Å². The van der Waals surface area contributed by atoms with Crippen molar-refractivity contribution in [3.63, 3.8) is 0 Å². The molecule has 2 heterocycles. The Kier molecular flexibility index (Phi) is 6.07. The molecule has 0 saturated carbocycles. The Hall–Kier alpha value is -0.650. The van der Waals surface area contributed by atoms with Crippen LogP contribution in [0.5, 0.6) is 0 Å². The van der Waals surface area contributed by atoms with E-state index in [-0.39, 0.29) is 5.91 Å². The minimum atomic E-state index is -0.419. The smallest absolute Gasteiger partial charge is 0.251 e. The van der Waals surface area contributed by atoms with E-state index in [0.29, 0.717) is 32.4 Å². The normalized spacial score (nSPS) is 29.1. The van der Waals surface area contributed by atoms with E-state index in [4.69, 9.17) is 9.47 Å². The van der Waals surface area contributed by atoms with Crippen LogP contribution in [0.3, 0.4) is 0 Å². The van der Waals surface area contributed by atoms with Crippen molar-refractivity contribution >= 4 is 5.91 Å². The molecule has 2 atom stereocenters. The number of rotatable bonds is 5. The molecule has 0 aliphatic carbocycles. The van der Waals surface area contributed by atoms with Gasteiger partial charge in [-0.2, -0.15) is 0 Å². The highest BCUT2D eigenvalue weighted by molar-refractivity contribution is 5.80. The summed E-state index contributed by atoms with van der Waals surface area (Å²) in [6.45, 7) is 6.55. The number of carbonyl (C=O) groups is 1. The molecular weight excluding hydrogens is 244 g/mol. The highest BCUT2D eigenvalue weighted by atomic mass is 16.6. The number of amides is 1. The van der Waals surface area contributed by atoms with Crippen molar-refractivity contribution in [1.29, 1.82) is 0 Å². The highest BCUT2D eigenvalue weighted by Crippen LogP contribution is 2.18. The van der Waals surface area contributed by atoms with Crippen molar-refractivity contribution < 1.29 is 14.3 Å². The quantitative estimate of drug-likeness (QED) is 0.802. The molecule has 5 heteroatoms. The number of likely N-dealkylation sites (tertiary alicyclic amines) is 1. The lowest BCUT2D eigenvalue weighted by molar-refractivity contribution is -0.147. The minimum Gasteiger partial charge on any atom is -0.376 e. The Labute approximate surface area is 115 Å². The van der Waals surface area contributed by atoms with Crippen molar-refractivity contribution in [2.24, 2.45) is 0 Å². The first-order valence-electron chi connectivity index (χ1n) is 7.52. The summed E-state index contributed by atoms with van der Waals surface area (Å²) < 4.78 is 10.6. The molecule has 0 aromatic rings. The number of hydrogen-bond acceptors (Lipinski definition) is 4. The molecule has 0 bridgehead atoms. The maximum absolute atomic E-state index is 11.9. The van der Waals surface area contributed by atoms with Gasteiger partial charge in [-0.25, -0.2) is 0 Å². The van der Waals surface area contributed by atoms with Gasteiger partial charge >= 0.3 is 0 Å². The van der Waals surface area contributed by atoms with Gasteiger partial charge in [0.05, 0.1) is 19.8 Å². The molecular formula is C14H26N2O3. The predicted octanol–water partition coefficient (Wildman–Crippen LogP) is 0.783. The molecule has 19 heavy (non-hydrogen) atoms. The van der Waals surface area contributed by atoms with Crippen LogP contribution in [0, 0.1) is 0 Å². The summed E-state index contributed by atoms with van der Waals surface area (Å²) in [7, 11) is 0. The first kappa shape index (κ1) is 14.8. The number of carbonyl (C=O) groups excluding carboxylic acids is 1. The van der Waals surface area contributed by atoms with Crippen LogP contribution in [0.15, 0.2) is 0 Å². The fourth-order valence-corrected chi connectivity index (χ4v) is 2.89. The summed E-state index contributed by atoms with van der Waals surface area (Å²) in [6, 6.07) is 0.694. The fraction of sp³-hybridized carbons (Fsp3) is 0.929. The van der Waals surface area contributed by atoms with Gasteiger partial charge in [-0.1, -0.05) is 13.3 Å². The monoisotopic (exact) mass is 270 g/mol. The van der Waals surface area contributed by atoms with Gasteiger partial charge < -0.3 is 14.8 Å². The van der Waals surface area contributed by atoms with Gasteiger partial charge in [0.15, 0.2) is 6.10 Å². The Bertz CT molecular complexity index is 280. The Morgan fingerprint density at radius 2 is 2.26 bits per heavy atom. The first-order valence-corrected chi connectivity index (χ1v) is 7.52. The van der Waals surface area contributed by atoms with E-state index >= 15 is 0 Å². The second-order valence-corrected chi connectivity index (χ2v) is 5.32. The van der Waals surface area contributed by atoms with Crippen molar-refractivity contribution in [1.82, 2.24) is 10.2 Å². The molecule has 2 rings (SSSR count). The Morgan fingerprint density at radius 1 is 1.37 bits per heavy atom. The van der Waals surface area contributed by atoms with Crippen LogP contribution >= 0.6 is 0 Å². The second-order valence-electron chi connectivity index (χ2n) is 5.32. The minimum absolute atomic E-state index is 0.0373. The van der Waals surface area contributed by atoms with E-state index in [1.165, 1.54) is 25.7 Å². The lowest BCUT2D eigenvalue weighted by Gasteiger charge is -2.35. The molecule has 0 unspecified atom stereocenters. The van der Waals surface area contributed by atoms with Gasteiger partial charge in [-0.05, 0) is 25.8 Å². The lowest BCUT2D eigenvalue weighted by Crippen LogP contribution is -2.47. The Morgan fingerprint density at radius 3 is 3.00 bits per heavy atom. The standard InChI is InChI=1S/C14H26N2O3/c1-2-12-5-3-4-7-16(12)8-6-15-14(17)13-11-18-9-10-19-13/h12-13H,2-11H2,1H3,(H,15,17)/t12-,13+/m1/s1. The largest absolute Gasteiger partial charge is 0.376 e. The maximum atomic E-state index is 11.9. The van der Waals surface area contributed by atoms with E-state index in [1.807, 2.05) is 0 Å². The summed E-state index contributed by atoms with van der Waals surface area (Å²) >= 11 is 0. The third-order valence-electron chi connectivity index (χ3n) is 4.03. The van der Waals surface area contributed by atoms with Gasteiger partial charge in [0.2, 0.25) is 0 Å². The van der Waals surface area contributed by atoms with Gasteiger partial charge in [0, 0.05) is 19.1 Å². The van der Waals surface area contributed by atoms with Crippen molar-refractivity contribution in [2.75, 3.05) is 39.5 Å². The van der Waals surface area contributed by atoms with Crippen LogP contribution in [-0.2, 0) is 14.3 Å². The van der Waals surface area contributed by atoms with E-state index < -0.39 is 6.10 Å². The van der Waals surface area contributed by atoms with Crippen LogP contribution in [0.2, 0.25) is 0 Å². The second kappa shape index (κ2) is 7.82. The number of nitrogens with one attached hydrogen (secondary N) is 1. The molecule has 2 saturated heterocycles. The molecule has 110 valence electrons. The fourth-order valence-electron chi connectivity index (χ4n) is 2.89. The first-order chi connectivity index (χ1) is 9.31. The number of hydrogen-bond donors (Lipinski definition) is 1. The summed E-state index contributed by atoms with van der Waals surface area (Å²) in [4.78, 5) is 14.4.